The van der Waals surface area contributed by atoms with Crippen LogP contribution in [0.5, 0.6) is 0 Å². The van der Waals surface area contributed by atoms with E-state index in [1.54, 1.807) is 0 Å². The standard InChI is InChI=1S/C13H28NOS/c1-7-14(8-2,9-3)10-11-16-12(15)13(4,5)6/h7-11H2,1-6H3/q+1. The number of nitrogens with zero attached hydrogens (tertiary/aromatic N) is 1. The summed E-state index contributed by atoms with van der Waals surface area (Å²) in [7, 11) is 0. The fourth-order valence-electron chi connectivity index (χ4n) is 1.69. The van der Waals surface area contributed by atoms with Crippen molar-refractivity contribution < 1.29 is 9.28 Å². The van der Waals surface area contributed by atoms with Crippen LogP contribution in [0.15, 0.2) is 0 Å². The maximum atomic E-state index is 11.8. The number of carbonyl (C=O) groups excluding carboxylic acids is 1. The van der Waals surface area contributed by atoms with Crippen LogP contribution in [0.2, 0.25) is 0 Å². The highest BCUT2D eigenvalue weighted by Gasteiger charge is 2.24. The van der Waals surface area contributed by atoms with Gasteiger partial charge in [-0.2, -0.15) is 0 Å². The summed E-state index contributed by atoms with van der Waals surface area (Å²) in [6, 6.07) is 0. The lowest BCUT2D eigenvalue weighted by Gasteiger charge is -2.35. The number of rotatable bonds is 6. The minimum absolute atomic E-state index is 0.203. The van der Waals surface area contributed by atoms with E-state index in [0.29, 0.717) is 5.12 Å². The van der Waals surface area contributed by atoms with Gasteiger partial charge < -0.3 is 4.48 Å². The summed E-state index contributed by atoms with van der Waals surface area (Å²) >= 11 is 1.50. The molecule has 0 saturated carbocycles. The Kier molecular flexibility index (Phi) is 6.64. The van der Waals surface area contributed by atoms with E-state index in [-0.39, 0.29) is 5.41 Å². The average molecular weight is 246 g/mol. The van der Waals surface area contributed by atoms with Crippen molar-refractivity contribution in [1.29, 1.82) is 0 Å². The van der Waals surface area contributed by atoms with Crippen molar-refractivity contribution >= 4 is 16.9 Å². The molecule has 0 unspecified atom stereocenters. The van der Waals surface area contributed by atoms with E-state index in [2.05, 4.69) is 20.8 Å². The van der Waals surface area contributed by atoms with Crippen molar-refractivity contribution in [1.82, 2.24) is 0 Å². The average Bonchev–Trinajstić information content (AvgIpc) is 2.23. The van der Waals surface area contributed by atoms with Gasteiger partial charge in [-0.25, -0.2) is 0 Å². The summed E-state index contributed by atoms with van der Waals surface area (Å²) in [5, 5.41) is 0.314. The smallest absolute Gasteiger partial charge is 0.194 e. The predicted octanol–water partition coefficient (Wildman–Crippen LogP) is 3.17. The van der Waals surface area contributed by atoms with Crippen LogP contribution in [0, 0.1) is 5.41 Å². The Morgan fingerprint density at radius 2 is 1.50 bits per heavy atom. The number of hydrogen-bond acceptors (Lipinski definition) is 2. The minimum Gasteiger partial charge on any atom is -0.324 e. The lowest BCUT2D eigenvalue weighted by atomic mass is 10.00. The molecule has 0 saturated heterocycles. The number of carbonyl (C=O) groups is 1. The molecule has 0 N–H and O–H groups in total. The number of hydrogen-bond donors (Lipinski definition) is 0. The SMILES string of the molecule is CC[N+](CC)(CC)CCSC(=O)C(C)(C)C. The second kappa shape index (κ2) is 6.65. The second-order valence-electron chi connectivity index (χ2n) is 5.40. The van der Waals surface area contributed by atoms with Crippen LogP contribution in [0.25, 0.3) is 0 Å². The first-order valence-electron chi connectivity index (χ1n) is 6.33. The van der Waals surface area contributed by atoms with Crippen molar-refractivity contribution in [3.63, 3.8) is 0 Å². The van der Waals surface area contributed by atoms with Crippen LogP contribution < -0.4 is 0 Å². The zero-order chi connectivity index (χ0) is 12.8. The molecule has 0 fully saturated rings. The molecule has 0 amide bonds. The van der Waals surface area contributed by atoms with E-state index in [1.807, 2.05) is 20.8 Å². The van der Waals surface area contributed by atoms with Gasteiger partial charge in [-0.3, -0.25) is 4.79 Å². The highest BCUT2D eigenvalue weighted by Crippen LogP contribution is 2.23. The molecule has 0 aromatic carbocycles. The van der Waals surface area contributed by atoms with Crippen molar-refractivity contribution in [2.45, 2.75) is 41.5 Å². The Hall–Kier alpha value is -0.0200. The van der Waals surface area contributed by atoms with Gasteiger partial charge in [0, 0.05) is 5.41 Å². The second-order valence-corrected chi connectivity index (χ2v) is 6.47. The Bertz CT molecular complexity index is 208. The molecule has 96 valence electrons. The van der Waals surface area contributed by atoms with Crippen LogP contribution in [-0.2, 0) is 4.79 Å². The molecule has 3 heteroatoms. The quantitative estimate of drug-likeness (QED) is 0.670. The number of thioether (sulfide) groups is 1. The van der Waals surface area contributed by atoms with Gasteiger partial charge in [0.25, 0.3) is 0 Å². The monoisotopic (exact) mass is 246 g/mol. The van der Waals surface area contributed by atoms with Crippen molar-refractivity contribution in [3.8, 4) is 0 Å². The predicted molar refractivity (Wildman–Crippen MR) is 73.7 cm³/mol. The maximum absolute atomic E-state index is 11.8. The fraction of sp³-hybridized carbons (Fsp3) is 0.923. The molecule has 2 nitrogen and oxygen atoms in total. The Balaban J connectivity index is 4.11. The van der Waals surface area contributed by atoms with Crippen molar-refractivity contribution in [3.05, 3.63) is 0 Å². The molecule has 0 heterocycles. The van der Waals surface area contributed by atoms with Crippen molar-refractivity contribution in [2.24, 2.45) is 5.41 Å². The van der Waals surface area contributed by atoms with E-state index >= 15 is 0 Å². The topological polar surface area (TPSA) is 17.1 Å². The van der Waals surface area contributed by atoms with Crippen LogP contribution in [0.1, 0.15) is 41.5 Å². The van der Waals surface area contributed by atoms with Crippen molar-refractivity contribution in [2.75, 3.05) is 31.9 Å². The molecule has 16 heavy (non-hydrogen) atoms. The largest absolute Gasteiger partial charge is 0.324 e. The van der Waals surface area contributed by atoms with E-state index in [9.17, 15) is 4.79 Å². The van der Waals surface area contributed by atoms with E-state index in [4.69, 9.17) is 0 Å². The fourth-order valence-corrected chi connectivity index (χ4v) is 2.79. The lowest BCUT2D eigenvalue weighted by Crippen LogP contribution is -2.49. The van der Waals surface area contributed by atoms with Gasteiger partial charge in [0.1, 0.15) is 0 Å². The summed E-state index contributed by atoms with van der Waals surface area (Å²) in [5.41, 5.74) is -0.203. The Morgan fingerprint density at radius 3 is 1.81 bits per heavy atom. The summed E-state index contributed by atoms with van der Waals surface area (Å²) in [6.07, 6.45) is 0. The van der Waals surface area contributed by atoms with Crippen LogP contribution in [0.4, 0.5) is 0 Å². The summed E-state index contributed by atoms with van der Waals surface area (Å²) < 4.78 is 1.13. The third-order valence-corrected chi connectivity index (χ3v) is 4.68. The first-order valence-corrected chi connectivity index (χ1v) is 7.32. The molecular formula is C13H28NOS+. The first-order chi connectivity index (χ1) is 7.31. The van der Waals surface area contributed by atoms with Crippen LogP contribution in [-0.4, -0.2) is 41.5 Å². The van der Waals surface area contributed by atoms with Gasteiger partial charge in [-0.05, 0) is 20.8 Å². The van der Waals surface area contributed by atoms with Gasteiger partial charge in [-0.15, -0.1) is 0 Å². The Labute approximate surface area is 105 Å². The van der Waals surface area contributed by atoms with Gasteiger partial charge in [0.05, 0.1) is 31.9 Å². The van der Waals surface area contributed by atoms with Gasteiger partial charge in [0.15, 0.2) is 5.12 Å². The third kappa shape index (κ3) is 4.88. The first kappa shape index (κ1) is 16.0. The van der Waals surface area contributed by atoms with Crippen LogP contribution in [0.3, 0.4) is 0 Å². The molecule has 0 aromatic rings. The van der Waals surface area contributed by atoms with Gasteiger partial charge in [-0.1, -0.05) is 32.5 Å². The molecule has 0 spiro atoms. The summed E-state index contributed by atoms with van der Waals surface area (Å²) in [5.74, 6) is 0.950. The highest BCUT2D eigenvalue weighted by atomic mass is 32.2. The molecule has 0 aliphatic rings. The summed E-state index contributed by atoms with van der Waals surface area (Å²) in [6.45, 7) is 17.3. The van der Waals surface area contributed by atoms with E-state index in [1.165, 1.54) is 11.8 Å². The maximum Gasteiger partial charge on any atom is 0.194 e. The third-order valence-electron chi connectivity index (χ3n) is 3.42. The molecule has 0 bridgehead atoms. The van der Waals surface area contributed by atoms with Gasteiger partial charge >= 0.3 is 0 Å². The number of quaternary nitrogens is 1. The lowest BCUT2D eigenvalue weighted by molar-refractivity contribution is -0.920. The zero-order valence-corrected chi connectivity index (χ0v) is 12.6. The summed E-state index contributed by atoms with van der Waals surface area (Å²) in [4.78, 5) is 11.8. The van der Waals surface area contributed by atoms with Gasteiger partial charge in [0.2, 0.25) is 0 Å². The molecule has 0 aliphatic heterocycles. The normalized spacial score (nSPS) is 12.9. The highest BCUT2D eigenvalue weighted by molar-refractivity contribution is 8.13. The molecular weight excluding hydrogens is 218 g/mol. The molecule has 0 aliphatic carbocycles. The molecule has 0 atom stereocenters. The van der Waals surface area contributed by atoms with E-state index in [0.717, 1.165) is 36.4 Å². The molecule has 0 radical (unpaired) electrons. The van der Waals surface area contributed by atoms with E-state index < -0.39 is 0 Å². The van der Waals surface area contributed by atoms with Crippen LogP contribution >= 0.6 is 11.8 Å². The molecule has 0 aromatic heterocycles. The molecule has 0 rings (SSSR count). The zero-order valence-electron chi connectivity index (χ0n) is 11.8. The Morgan fingerprint density at radius 1 is 1.06 bits per heavy atom. The minimum atomic E-state index is -0.203.